The average molecular weight is 341 g/mol. The lowest BCUT2D eigenvalue weighted by atomic mass is 10.2. The van der Waals surface area contributed by atoms with Crippen LogP contribution in [0.3, 0.4) is 0 Å². The molecule has 1 aromatic heterocycles. The van der Waals surface area contributed by atoms with Crippen LogP contribution in [0.4, 0.5) is 5.69 Å². The smallest absolute Gasteiger partial charge is 0.267 e. The standard InChI is InChI=1S/C16H11N3O4S/c20-15(10-5-7-12(8-6-10)19(22)23)17-18-16(21)14-9-11-3-1-2-4-13(11)24-14/h1-9H,(H,17,20)(H,18,21). The molecule has 0 radical (unpaired) electrons. The fourth-order valence-corrected chi connectivity index (χ4v) is 3.03. The summed E-state index contributed by atoms with van der Waals surface area (Å²) in [6, 6.07) is 14.4. The Morgan fingerprint density at radius 1 is 0.958 bits per heavy atom. The van der Waals surface area contributed by atoms with E-state index in [4.69, 9.17) is 0 Å². The highest BCUT2D eigenvalue weighted by Gasteiger charge is 2.13. The number of rotatable bonds is 3. The fraction of sp³-hybridized carbons (Fsp3) is 0. The summed E-state index contributed by atoms with van der Waals surface area (Å²) in [7, 11) is 0. The van der Waals surface area contributed by atoms with Gasteiger partial charge >= 0.3 is 0 Å². The number of nitro groups is 1. The first-order chi connectivity index (χ1) is 11.5. The Hall–Kier alpha value is -3.26. The molecule has 3 rings (SSSR count). The molecule has 0 bridgehead atoms. The number of nitrogens with zero attached hydrogens (tertiary/aromatic N) is 1. The van der Waals surface area contributed by atoms with Crippen molar-refractivity contribution in [2.75, 3.05) is 0 Å². The monoisotopic (exact) mass is 341 g/mol. The number of hydrogen-bond acceptors (Lipinski definition) is 5. The Morgan fingerprint density at radius 3 is 2.29 bits per heavy atom. The van der Waals surface area contributed by atoms with Crippen molar-refractivity contribution < 1.29 is 14.5 Å². The van der Waals surface area contributed by atoms with Gasteiger partial charge in [0.15, 0.2) is 0 Å². The Labute approximate surface area is 140 Å². The lowest BCUT2D eigenvalue weighted by Crippen LogP contribution is -2.41. The van der Waals surface area contributed by atoms with E-state index in [0.29, 0.717) is 4.88 Å². The topological polar surface area (TPSA) is 101 Å². The summed E-state index contributed by atoms with van der Waals surface area (Å²) in [5.41, 5.74) is 4.72. The molecule has 2 aromatic carbocycles. The van der Waals surface area contributed by atoms with E-state index in [-0.39, 0.29) is 11.3 Å². The Balaban J connectivity index is 1.64. The molecule has 0 aliphatic heterocycles. The molecule has 0 fully saturated rings. The minimum Gasteiger partial charge on any atom is -0.267 e. The predicted octanol–water partition coefficient (Wildman–Crippen LogP) is 2.88. The molecule has 0 aliphatic rings. The van der Waals surface area contributed by atoms with Crippen molar-refractivity contribution in [3.05, 3.63) is 75.2 Å². The number of thiophene rings is 1. The zero-order valence-electron chi connectivity index (χ0n) is 12.2. The van der Waals surface area contributed by atoms with Gasteiger partial charge in [0.05, 0.1) is 9.80 Å². The lowest BCUT2D eigenvalue weighted by Gasteiger charge is -2.06. The van der Waals surface area contributed by atoms with Crippen molar-refractivity contribution in [2.45, 2.75) is 0 Å². The van der Waals surface area contributed by atoms with Gasteiger partial charge in [-0.2, -0.15) is 0 Å². The number of hydrazine groups is 1. The molecule has 8 heteroatoms. The zero-order valence-corrected chi connectivity index (χ0v) is 13.0. The molecule has 2 amide bonds. The van der Waals surface area contributed by atoms with Crippen LogP contribution in [0, 0.1) is 10.1 Å². The molecule has 0 spiro atoms. The molecule has 0 atom stereocenters. The second-order valence-corrected chi connectivity index (χ2v) is 5.94. The minimum absolute atomic E-state index is 0.110. The largest absolute Gasteiger partial charge is 0.279 e. The SMILES string of the molecule is O=C(NNC(=O)c1cc2ccccc2s1)c1ccc([N+](=O)[O-])cc1. The molecular weight excluding hydrogens is 330 g/mol. The number of fused-ring (bicyclic) bond motifs is 1. The van der Waals surface area contributed by atoms with Gasteiger partial charge in [-0.1, -0.05) is 18.2 Å². The normalized spacial score (nSPS) is 10.3. The minimum atomic E-state index is -0.556. The van der Waals surface area contributed by atoms with Gasteiger partial charge in [-0.05, 0) is 29.7 Å². The van der Waals surface area contributed by atoms with Gasteiger partial charge in [0, 0.05) is 22.4 Å². The molecule has 3 aromatic rings. The highest BCUT2D eigenvalue weighted by molar-refractivity contribution is 7.20. The quantitative estimate of drug-likeness (QED) is 0.565. The zero-order chi connectivity index (χ0) is 17.1. The van der Waals surface area contributed by atoms with Crippen molar-refractivity contribution in [3.8, 4) is 0 Å². The highest BCUT2D eigenvalue weighted by atomic mass is 32.1. The number of hydrogen-bond donors (Lipinski definition) is 2. The summed E-state index contributed by atoms with van der Waals surface area (Å²) in [5.74, 6) is -0.981. The second-order valence-electron chi connectivity index (χ2n) is 4.86. The maximum absolute atomic E-state index is 12.1. The Morgan fingerprint density at radius 2 is 1.62 bits per heavy atom. The van der Waals surface area contributed by atoms with Crippen LogP contribution in [0.2, 0.25) is 0 Å². The molecule has 24 heavy (non-hydrogen) atoms. The average Bonchev–Trinajstić information content (AvgIpc) is 3.03. The van der Waals surface area contributed by atoms with E-state index in [1.807, 2.05) is 24.3 Å². The van der Waals surface area contributed by atoms with Crippen LogP contribution in [0.15, 0.2) is 54.6 Å². The van der Waals surface area contributed by atoms with E-state index in [1.54, 1.807) is 6.07 Å². The summed E-state index contributed by atoms with van der Waals surface area (Å²) < 4.78 is 0.976. The second kappa shape index (κ2) is 6.47. The Bertz CT molecular complexity index is 901. The predicted molar refractivity (Wildman–Crippen MR) is 89.9 cm³/mol. The van der Waals surface area contributed by atoms with Crippen LogP contribution in [-0.2, 0) is 0 Å². The fourth-order valence-electron chi connectivity index (χ4n) is 2.08. The Kier molecular flexibility index (Phi) is 4.21. The van der Waals surface area contributed by atoms with Crippen LogP contribution in [0.25, 0.3) is 10.1 Å². The molecule has 2 N–H and O–H groups in total. The van der Waals surface area contributed by atoms with Crippen molar-refractivity contribution in [1.29, 1.82) is 0 Å². The highest BCUT2D eigenvalue weighted by Crippen LogP contribution is 2.24. The van der Waals surface area contributed by atoms with Gasteiger partial charge in [0.1, 0.15) is 0 Å². The van der Waals surface area contributed by atoms with Gasteiger partial charge in [0.25, 0.3) is 17.5 Å². The van der Waals surface area contributed by atoms with Crippen molar-refractivity contribution in [3.63, 3.8) is 0 Å². The van der Waals surface area contributed by atoms with Crippen molar-refractivity contribution in [1.82, 2.24) is 10.9 Å². The van der Waals surface area contributed by atoms with Gasteiger partial charge < -0.3 is 0 Å². The molecular formula is C16H11N3O4S. The molecule has 7 nitrogen and oxygen atoms in total. The number of benzene rings is 2. The summed E-state index contributed by atoms with van der Waals surface area (Å²) in [5, 5.41) is 11.5. The molecule has 0 saturated heterocycles. The van der Waals surface area contributed by atoms with E-state index < -0.39 is 16.7 Å². The van der Waals surface area contributed by atoms with Crippen molar-refractivity contribution >= 4 is 38.9 Å². The van der Waals surface area contributed by atoms with Gasteiger partial charge in [-0.15, -0.1) is 11.3 Å². The number of nitrogens with one attached hydrogen (secondary N) is 2. The summed E-state index contributed by atoms with van der Waals surface area (Å²) in [4.78, 5) is 34.5. The number of carbonyl (C=O) groups is 2. The van der Waals surface area contributed by atoms with Crippen LogP contribution in [0.5, 0.6) is 0 Å². The number of non-ortho nitro benzene ring substituents is 1. The molecule has 0 unspecified atom stereocenters. The first-order valence-electron chi connectivity index (χ1n) is 6.88. The first-order valence-corrected chi connectivity index (χ1v) is 7.70. The van der Waals surface area contributed by atoms with E-state index in [0.717, 1.165) is 10.1 Å². The third-order valence-corrected chi connectivity index (χ3v) is 4.39. The molecule has 120 valence electrons. The number of carbonyl (C=O) groups excluding carboxylic acids is 2. The van der Waals surface area contributed by atoms with E-state index in [2.05, 4.69) is 10.9 Å². The van der Waals surface area contributed by atoms with Gasteiger partial charge in [-0.25, -0.2) is 0 Å². The van der Waals surface area contributed by atoms with E-state index >= 15 is 0 Å². The van der Waals surface area contributed by atoms with Crippen LogP contribution in [0.1, 0.15) is 20.0 Å². The maximum Gasteiger partial charge on any atom is 0.279 e. The molecule has 0 aliphatic carbocycles. The summed E-state index contributed by atoms with van der Waals surface area (Å²) >= 11 is 1.32. The molecule has 0 saturated carbocycles. The summed E-state index contributed by atoms with van der Waals surface area (Å²) in [6.45, 7) is 0. The van der Waals surface area contributed by atoms with Crippen LogP contribution >= 0.6 is 11.3 Å². The molecule has 1 heterocycles. The van der Waals surface area contributed by atoms with Crippen LogP contribution < -0.4 is 10.9 Å². The number of nitro benzene ring substituents is 1. The lowest BCUT2D eigenvalue weighted by molar-refractivity contribution is -0.384. The van der Waals surface area contributed by atoms with E-state index in [1.165, 1.54) is 35.6 Å². The summed E-state index contributed by atoms with van der Waals surface area (Å²) in [6.07, 6.45) is 0. The first kappa shape index (κ1) is 15.6. The van der Waals surface area contributed by atoms with Crippen molar-refractivity contribution in [2.24, 2.45) is 0 Å². The van der Waals surface area contributed by atoms with E-state index in [9.17, 15) is 19.7 Å². The maximum atomic E-state index is 12.1. The number of amides is 2. The van der Waals surface area contributed by atoms with Gasteiger partial charge in [0.2, 0.25) is 0 Å². The third kappa shape index (κ3) is 3.23. The van der Waals surface area contributed by atoms with Crippen LogP contribution in [-0.4, -0.2) is 16.7 Å². The third-order valence-electron chi connectivity index (χ3n) is 3.28. The van der Waals surface area contributed by atoms with Gasteiger partial charge in [-0.3, -0.25) is 30.6 Å².